The molecule has 4 saturated heterocycles. The van der Waals surface area contributed by atoms with E-state index >= 15 is 4.79 Å². The number of rotatable bonds is 10. The molecule has 0 aromatic carbocycles. The van der Waals surface area contributed by atoms with E-state index in [1.807, 2.05) is 54.5 Å². The van der Waals surface area contributed by atoms with Crippen LogP contribution in [0.15, 0.2) is 46.3 Å². The molecule has 446 valence electrons. The van der Waals surface area contributed by atoms with Gasteiger partial charge in [-0.3, -0.25) is 9.59 Å². The fourth-order valence-electron chi connectivity index (χ4n) is 16.0. The van der Waals surface area contributed by atoms with Gasteiger partial charge in [-0.15, -0.1) is 0 Å². The molecular weight excluding hydrogens is 1020 g/mol. The molecule has 0 aromatic rings. The maximum Gasteiger partial charge on any atom is 0.346 e. The van der Waals surface area contributed by atoms with Crippen LogP contribution in [-0.4, -0.2) is 165 Å². The van der Waals surface area contributed by atoms with E-state index in [1.54, 1.807) is 20.8 Å². The SMILES string of the molecule is CC/C1=C/[C@H](CO)C[C@@H](C)[C@H](O[C@H]2C[C@H](O)[C@H](O[C@@H]3O[C@@H](C)[C@H](O[C@H]4C[C@H](O)[C@H](O)[C@@H](C)O4)[C@@H](OC)[C@H]3O)[C@@H](C)O2)[C@H](C)CCC[C@]2(C)C=C(C)[C@H](C)C[C@]23OC(=O)C(=C(O)[C@@]2(CC)[C@H]4[C@H](C=C(C)[C@@H]12)[C@@H](O)CC(=O)[C@@H]4C)C3=O. The molecule has 1 saturated carbocycles. The molecule has 26 atom stereocenters. The second-order valence-electron chi connectivity index (χ2n) is 25.5. The van der Waals surface area contributed by atoms with Crippen molar-refractivity contribution < 1.29 is 88.0 Å². The number of carbonyl (C=O) groups excluding carboxylic acids is 3. The number of aliphatic hydroxyl groups is 7. The minimum Gasteiger partial charge on any atom is -0.511 e. The van der Waals surface area contributed by atoms with Crippen LogP contribution in [0.25, 0.3) is 0 Å². The molecule has 0 unspecified atom stereocenters. The maximum absolute atomic E-state index is 15.7. The van der Waals surface area contributed by atoms with Gasteiger partial charge in [0.2, 0.25) is 5.78 Å². The molecule has 0 aromatic heterocycles. The van der Waals surface area contributed by atoms with Crippen LogP contribution < -0.4 is 0 Å². The standard InChI is InChI=1S/C61H94O18/c1-14-38-21-37(27-62)19-30(5)51(76-45-24-43(66)52(35(10)74-45)78-58-50(68)54(72-13)53(36(11)75-58)77-44-23-42(65)49(67)34(9)73-44)28(3)17-16-18-59(12)25-31(6)32(7)26-61(59)56(70)46(57(71)79-61)55(69)60(15-2)47(38)29(4)20-39-41(64)22-40(63)33(8)48(39)60/h20-21,25,28,30,32-37,39,41-45,47-54,58,62,64-69H,14-19,22-24,26-27H2,1-13H3/b38-21-,55-46?/t28-,30-,32-,33+,34-,35-,36+,37-,39-,41+,42+,43+,44+,45+,47+,48-,49-,50-,51-,52-,53+,54+,58+,59-,60-,61-/m1/s1. The summed E-state index contributed by atoms with van der Waals surface area (Å²) in [6.45, 7) is 22.8. The van der Waals surface area contributed by atoms with E-state index in [0.29, 0.717) is 32.1 Å². The lowest BCUT2D eigenvalue weighted by atomic mass is 9.47. The monoisotopic (exact) mass is 1110 g/mol. The summed E-state index contributed by atoms with van der Waals surface area (Å²) in [5.41, 5.74) is -1.65. The lowest BCUT2D eigenvalue weighted by Crippen LogP contribution is -2.62. The van der Waals surface area contributed by atoms with Crippen molar-refractivity contribution >= 4 is 17.5 Å². The highest BCUT2D eigenvalue weighted by atomic mass is 16.8. The van der Waals surface area contributed by atoms with Gasteiger partial charge < -0.3 is 73.6 Å². The summed E-state index contributed by atoms with van der Waals surface area (Å²) in [6.07, 6.45) is -4.99. The minimum atomic E-state index is -1.63. The number of ether oxygens (including phenoxy) is 8. The fourth-order valence-corrected chi connectivity index (χ4v) is 16.0. The van der Waals surface area contributed by atoms with E-state index in [2.05, 4.69) is 26.0 Å². The molecule has 4 aliphatic heterocycles. The van der Waals surface area contributed by atoms with E-state index in [-0.39, 0.29) is 73.6 Å². The van der Waals surface area contributed by atoms with Crippen LogP contribution in [0, 0.1) is 58.2 Å². The number of Topliss-reactive ketones (excluding diaryl/α,β-unsaturated/α-hetero) is 2. The number of carbonyl (C=O) groups is 3. The third kappa shape index (κ3) is 11.2. The summed E-state index contributed by atoms with van der Waals surface area (Å²) >= 11 is 0. The second-order valence-corrected chi connectivity index (χ2v) is 25.5. The Bertz CT molecular complexity index is 2320. The van der Waals surface area contributed by atoms with Crippen LogP contribution in [0.5, 0.6) is 0 Å². The zero-order valence-corrected chi connectivity index (χ0v) is 48.9. The third-order valence-corrected chi connectivity index (χ3v) is 20.4. The predicted octanol–water partition coefficient (Wildman–Crippen LogP) is 6.25. The van der Waals surface area contributed by atoms with Gasteiger partial charge in [0.1, 0.15) is 47.6 Å². The zero-order chi connectivity index (χ0) is 58.0. The Balaban J connectivity index is 1.10. The molecule has 2 bridgehead atoms. The van der Waals surface area contributed by atoms with E-state index in [4.69, 9.17) is 37.9 Å². The summed E-state index contributed by atoms with van der Waals surface area (Å²) in [7, 11) is 1.42. The third-order valence-electron chi connectivity index (χ3n) is 20.4. The van der Waals surface area contributed by atoms with Gasteiger partial charge in [-0.25, -0.2) is 4.79 Å². The van der Waals surface area contributed by atoms with E-state index in [9.17, 15) is 45.3 Å². The number of hydrogen-bond acceptors (Lipinski definition) is 18. The lowest BCUT2D eigenvalue weighted by Gasteiger charge is -2.56. The van der Waals surface area contributed by atoms with Gasteiger partial charge in [-0.1, -0.05) is 89.8 Å². The van der Waals surface area contributed by atoms with Crippen molar-refractivity contribution in [2.45, 2.75) is 245 Å². The van der Waals surface area contributed by atoms with Gasteiger partial charge in [0, 0.05) is 73.9 Å². The van der Waals surface area contributed by atoms with Gasteiger partial charge in [-0.05, 0) is 90.4 Å². The fraction of sp³-hybridized carbons (Fsp3) is 0.820. The zero-order valence-electron chi connectivity index (χ0n) is 48.9. The molecule has 8 aliphatic rings. The molecule has 0 radical (unpaired) electrons. The van der Waals surface area contributed by atoms with Crippen LogP contribution in [0.2, 0.25) is 0 Å². The Kier molecular flexibility index (Phi) is 19.1. The molecule has 0 amide bonds. The van der Waals surface area contributed by atoms with Crippen molar-refractivity contribution in [3.63, 3.8) is 0 Å². The lowest BCUT2D eigenvalue weighted by molar-refractivity contribution is -0.360. The van der Waals surface area contributed by atoms with Gasteiger partial charge in [0.25, 0.3) is 0 Å². The summed E-state index contributed by atoms with van der Waals surface area (Å²) in [6, 6.07) is 0. The van der Waals surface area contributed by atoms with Crippen molar-refractivity contribution in [1.29, 1.82) is 0 Å². The number of allylic oxidation sites excluding steroid dienone is 4. The Morgan fingerprint density at radius 3 is 2.00 bits per heavy atom. The Morgan fingerprint density at radius 2 is 1.38 bits per heavy atom. The highest BCUT2D eigenvalue weighted by Gasteiger charge is 2.67. The molecule has 4 aliphatic carbocycles. The largest absolute Gasteiger partial charge is 0.511 e. The van der Waals surface area contributed by atoms with Gasteiger partial charge >= 0.3 is 5.97 Å². The van der Waals surface area contributed by atoms with Crippen molar-refractivity contribution in [2.75, 3.05) is 13.7 Å². The molecule has 18 nitrogen and oxygen atoms in total. The molecule has 7 N–H and O–H groups in total. The Hall–Kier alpha value is -2.95. The first kappa shape index (κ1) is 62.1. The van der Waals surface area contributed by atoms with Crippen molar-refractivity contribution in [2.24, 2.45) is 58.2 Å². The second kappa shape index (κ2) is 24.3. The van der Waals surface area contributed by atoms with Crippen LogP contribution >= 0.6 is 0 Å². The number of aliphatic hydroxyl groups excluding tert-OH is 7. The van der Waals surface area contributed by atoms with Crippen molar-refractivity contribution in [3.8, 4) is 0 Å². The van der Waals surface area contributed by atoms with Gasteiger partial charge in [0.05, 0.1) is 42.7 Å². The van der Waals surface area contributed by atoms with Gasteiger partial charge in [0.15, 0.2) is 24.5 Å². The number of esters is 1. The normalized spacial score (nSPS) is 49.1. The quantitative estimate of drug-likeness (QED) is 0.0724. The summed E-state index contributed by atoms with van der Waals surface area (Å²) in [5.74, 6) is -5.41. The number of hydrogen-bond donors (Lipinski definition) is 7. The topological polar surface area (TPSA) is 267 Å². The first-order valence-electron chi connectivity index (χ1n) is 29.5. The number of ketones is 2. The predicted molar refractivity (Wildman–Crippen MR) is 288 cm³/mol. The van der Waals surface area contributed by atoms with E-state index in [0.717, 1.165) is 16.7 Å². The minimum absolute atomic E-state index is 0.00262. The molecule has 4 heterocycles. The number of methoxy groups -OCH3 is 1. The molecule has 1 spiro atoms. The molecule has 79 heavy (non-hydrogen) atoms. The maximum atomic E-state index is 15.7. The summed E-state index contributed by atoms with van der Waals surface area (Å²) < 4.78 is 50.3. The molecule has 18 heteroatoms. The molecular formula is C61H94O18. The molecule has 8 rings (SSSR count). The summed E-state index contributed by atoms with van der Waals surface area (Å²) in [4.78, 5) is 44.3. The highest BCUT2D eigenvalue weighted by Crippen LogP contribution is 2.64. The molecule has 5 fully saturated rings. The average Bonchev–Trinajstić information content (AvgIpc) is 3.87. The Morgan fingerprint density at radius 1 is 0.734 bits per heavy atom. The van der Waals surface area contributed by atoms with E-state index < -0.39 is 150 Å². The van der Waals surface area contributed by atoms with Crippen LogP contribution in [0.4, 0.5) is 0 Å². The highest BCUT2D eigenvalue weighted by molar-refractivity contribution is 6.26. The van der Waals surface area contributed by atoms with Crippen LogP contribution in [0.1, 0.15) is 147 Å². The average molecular weight is 1120 g/mol. The first-order valence-corrected chi connectivity index (χ1v) is 29.5. The Labute approximate surface area is 467 Å². The first-order chi connectivity index (χ1) is 37.2. The van der Waals surface area contributed by atoms with Crippen molar-refractivity contribution in [1.82, 2.24) is 0 Å². The van der Waals surface area contributed by atoms with Crippen LogP contribution in [-0.2, 0) is 52.3 Å². The smallest absolute Gasteiger partial charge is 0.346 e. The van der Waals surface area contributed by atoms with E-state index in [1.165, 1.54) is 7.11 Å². The number of fused-ring (bicyclic) bond motifs is 4. The van der Waals surface area contributed by atoms with Crippen LogP contribution in [0.3, 0.4) is 0 Å². The van der Waals surface area contributed by atoms with Crippen molar-refractivity contribution in [3.05, 3.63) is 46.3 Å². The summed E-state index contributed by atoms with van der Waals surface area (Å²) in [5, 5.41) is 80.4. The van der Waals surface area contributed by atoms with Gasteiger partial charge in [-0.2, -0.15) is 0 Å².